The van der Waals surface area contributed by atoms with Gasteiger partial charge in [-0.25, -0.2) is 15.0 Å². The van der Waals surface area contributed by atoms with Crippen LogP contribution in [0.3, 0.4) is 0 Å². The lowest BCUT2D eigenvalue weighted by Gasteiger charge is -2.33. The molecule has 1 aromatic carbocycles. The van der Waals surface area contributed by atoms with Gasteiger partial charge >= 0.3 is 0 Å². The maximum Gasteiger partial charge on any atom is 0.227 e. The first kappa shape index (κ1) is 14.2. The number of furan rings is 1. The summed E-state index contributed by atoms with van der Waals surface area (Å²) in [7, 11) is 0. The molecule has 0 spiro atoms. The van der Waals surface area contributed by atoms with E-state index in [1.54, 1.807) is 18.6 Å². The van der Waals surface area contributed by atoms with Crippen LogP contribution in [-0.2, 0) is 0 Å². The molecular formula is C19H17N5O. The first-order valence-corrected chi connectivity index (χ1v) is 8.22. The Morgan fingerprint density at radius 3 is 2.72 bits per heavy atom. The average molecular weight is 331 g/mol. The SMILES string of the molecule is Cc1ccc2c(oc3ncccc32)c1N1c2nccnc2NC1(C)C. The van der Waals surface area contributed by atoms with Gasteiger partial charge in [0.25, 0.3) is 0 Å². The molecule has 6 nitrogen and oxygen atoms in total. The highest BCUT2D eigenvalue weighted by Crippen LogP contribution is 2.47. The zero-order chi connectivity index (χ0) is 17.2. The van der Waals surface area contributed by atoms with Crippen LogP contribution in [0.2, 0.25) is 0 Å². The van der Waals surface area contributed by atoms with E-state index >= 15 is 0 Å². The Hall–Kier alpha value is -3.15. The second kappa shape index (κ2) is 4.69. The topological polar surface area (TPSA) is 67.1 Å². The molecule has 0 bridgehead atoms. The molecule has 4 heterocycles. The number of nitrogens with zero attached hydrogens (tertiary/aromatic N) is 4. The number of nitrogens with one attached hydrogen (secondary N) is 1. The summed E-state index contributed by atoms with van der Waals surface area (Å²) in [6, 6.07) is 8.17. The van der Waals surface area contributed by atoms with Crippen molar-refractivity contribution in [2.24, 2.45) is 0 Å². The van der Waals surface area contributed by atoms with Crippen molar-refractivity contribution < 1.29 is 4.42 Å². The van der Waals surface area contributed by atoms with Crippen molar-refractivity contribution in [3.63, 3.8) is 0 Å². The van der Waals surface area contributed by atoms with Crippen molar-refractivity contribution in [2.75, 3.05) is 10.2 Å². The van der Waals surface area contributed by atoms with Crippen LogP contribution in [-0.4, -0.2) is 20.6 Å². The van der Waals surface area contributed by atoms with Gasteiger partial charge in [0.1, 0.15) is 5.66 Å². The van der Waals surface area contributed by atoms with Gasteiger partial charge in [0, 0.05) is 29.4 Å². The summed E-state index contributed by atoms with van der Waals surface area (Å²) >= 11 is 0. The molecule has 1 N–H and O–H groups in total. The van der Waals surface area contributed by atoms with Gasteiger partial charge in [-0.2, -0.15) is 0 Å². The number of rotatable bonds is 1. The van der Waals surface area contributed by atoms with Gasteiger partial charge in [0.05, 0.1) is 5.69 Å². The third-order valence-corrected chi connectivity index (χ3v) is 4.69. The molecule has 1 aliphatic rings. The summed E-state index contributed by atoms with van der Waals surface area (Å²) in [5.41, 5.74) is 3.19. The zero-order valence-electron chi connectivity index (χ0n) is 14.2. The summed E-state index contributed by atoms with van der Waals surface area (Å²) in [5.74, 6) is 1.58. The van der Waals surface area contributed by atoms with E-state index in [9.17, 15) is 0 Å². The number of anilines is 3. The number of hydrogen-bond donors (Lipinski definition) is 1. The van der Waals surface area contributed by atoms with Gasteiger partial charge in [-0.1, -0.05) is 12.1 Å². The van der Waals surface area contributed by atoms with Crippen molar-refractivity contribution >= 4 is 39.4 Å². The van der Waals surface area contributed by atoms with E-state index in [0.29, 0.717) is 5.71 Å². The molecule has 1 aliphatic heterocycles. The Morgan fingerprint density at radius 2 is 1.84 bits per heavy atom. The fraction of sp³-hybridized carbons (Fsp3) is 0.211. The lowest BCUT2D eigenvalue weighted by atomic mass is 10.1. The number of aromatic nitrogens is 3. The average Bonchev–Trinajstić information content (AvgIpc) is 3.09. The molecule has 3 aromatic heterocycles. The first-order valence-electron chi connectivity index (χ1n) is 8.22. The summed E-state index contributed by atoms with van der Waals surface area (Å²) in [6.07, 6.45) is 5.16. The van der Waals surface area contributed by atoms with E-state index in [1.807, 2.05) is 12.1 Å². The number of aryl methyl sites for hydroxylation is 1. The van der Waals surface area contributed by atoms with Gasteiger partial charge in [0.2, 0.25) is 5.71 Å². The van der Waals surface area contributed by atoms with E-state index in [0.717, 1.165) is 39.2 Å². The maximum atomic E-state index is 6.16. The summed E-state index contributed by atoms with van der Waals surface area (Å²) in [5, 5.41) is 5.51. The molecule has 0 atom stereocenters. The Labute approximate surface area is 144 Å². The highest BCUT2D eigenvalue weighted by atomic mass is 16.3. The van der Waals surface area contributed by atoms with Crippen LogP contribution in [0.1, 0.15) is 19.4 Å². The minimum absolute atomic E-state index is 0.380. The van der Waals surface area contributed by atoms with Crippen molar-refractivity contribution in [3.05, 3.63) is 48.4 Å². The van der Waals surface area contributed by atoms with Gasteiger partial charge in [-0.05, 0) is 38.5 Å². The molecule has 124 valence electrons. The molecule has 0 aliphatic carbocycles. The highest BCUT2D eigenvalue weighted by molar-refractivity contribution is 6.09. The molecule has 4 aromatic rings. The highest BCUT2D eigenvalue weighted by Gasteiger charge is 2.40. The largest absolute Gasteiger partial charge is 0.435 e. The number of fused-ring (bicyclic) bond motifs is 4. The minimum Gasteiger partial charge on any atom is -0.435 e. The predicted octanol–water partition coefficient (Wildman–Crippen LogP) is 4.38. The van der Waals surface area contributed by atoms with Crippen molar-refractivity contribution in [1.82, 2.24) is 15.0 Å². The summed E-state index contributed by atoms with van der Waals surface area (Å²) in [6.45, 7) is 6.30. The molecule has 0 radical (unpaired) electrons. The van der Waals surface area contributed by atoms with Crippen LogP contribution in [0.4, 0.5) is 17.3 Å². The molecule has 0 fully saturated rings. The van der Waals surface area contributed by atoms with Gasteiger partial charge < -0.3 is 9.73 Å². The Morgan fingerprint density at radius 1 is 1.00 bits per heavy atom. The van der Waals surface area contributed by atoms with Crippen LogP contribution in [0.25, 0.3) is 22.1 Å². The van der Waals surface area contributed by atoms with Gasteiger partial charge in [-0.3, -0.25) is 4.90 Å². The second-order valence-electron chi connectivity index (χ2n) is 6.81. The quantitative estimate of drug-likeness (QED) is 0.558. The van der Waals surface area contributed by atoms with Gasteiger partial charge in [0.15, 0.2) is 17.2 Å². The Bertz CT molecular complexity index is 1130. The molecule has 6 heteroatoms. The maximum absolute atomic E-state index is 6.16. The van der Waals surface area contributed by atoms with Crippen LogP contribution in [0.15, 0.2) is 47.3 Å². The standard InChI is InChI=1S/C19H17N5O/c1-11-6-7-12-13-5-4-8-22-18(13)25-15(12)14(11)24-17-16(20-9-10-21-17)23-19(24,2)3/h4-10H,1-3H3,(H,20,23). The lowest BCUT2D eigenvalue weighted by Crippen LogP contribution is -2.42. The first-order chi connectivity index (χ1) is 12.1. The molecule has 5 rings (SSSR count). The normalized spacial score (nSPS) is 15.6. The fourth-order valence-electron chi connectivity index (χ4n) is 3.62. The van der Waals surface area contributed by atoms with E-state index in [-0.39, 0.29) is 5.66 Å². The third-order valence-electron chi connectivity index (χ3n) is 4.69. The van der Waals surface area contributed by atoms with Crippen molar-refractivity contribution in [2.45, 2.75) is 26.4 Å². The molecule has 0 saturated heterocycles. The Balaban J connectivity index is 1.87. The minimum atomic E-state index is -0.380. The molecular weight excluding hydrogens is 314 g/mol. The van der Waals surface area contributed by atoms with E-state index in [1.165, 1.54) is 0 Å². The number of hydrogen-bond acceptors (Lipinski definition) is 6. The molecule has 0 saturated carbocycles. The van der Waals surface area contributed by atoms with E-state index in [4.69, 9.17) is 4.42 Å². The number of benzene rings is 1. The van der Waals surface area contributed by atoms with E-state index in [2.05, 4.69) is 58.1 Å². The molecule has 0 unspecified atom stereocenters. The monoisotopic (exact) mass is 331 g/mol. The number of pyridine rings is 1. The fourth-order valence-corrected chi connectivity index (χ4v) is 3.62. The van der Waals surface area contributed by atoms with Crippen molar-refractivity contribution in [1.29, 1.82) is 0 Å². The predicted molar refractivity (Wildman–Crippen MR) is 98.1 cm³/mol. The molecule has 25 heavy (non-hydrogen) atoms. The van der Waals surface area contributed by atoms with Crippen LogP contribution < -0.4 is 10.2 Å². The van der Waals surface area contributed by atoms with Gasteiger partial charge in [-0.15, -0.1) is 0 Å². The van der Waals surface area contributed by atoms with Crippen LogP contribution in [0.5, 0.6) is 0 Å². The smallest absolute Gasteiger partial charge is 0.227 e. The van der Waals surface area contributed by atoms with Crippen LogP contribution >= 0.6 is 0 Å². The van der Waals surface area contributed by atoms with E-state index < -0.39 is 0 Å². The Kier molecular flexibility index (Phi) is 2.67. The van der Waals surface area contributed by atoms with Crippen LogP contribution in [0, 0.1) is 6.92 Å². The molecule has 0 amide bonds. The third kappa shape index (κ3) is 1.88. The summed E-state index contributed by atoms with van der Waals surface area (Å²) < 4.78 is 6.16. The second-order valence-corrected chi connectivity index (χ2v) is 6.81. The lowest BCUT2D eigenvalue weighted by molar-refractivity contribution is 0.589. The van der Waals surface area contributed by atoms with Crippen molar-refractivity contribution in [3.8, 4) is 0 Å². The zero-order valence-corrected chi connectivity index (χ0v) is 14.2. The summed E-state index contributed by atoms with van der Waals surface area (Å²) in [4.78, 5) is 15.5.